The van der Waals surface area contributed by atoms with Crippen LogP contribution in [0.4, 0.5) is 0 Å². The molecule has 0 spiro atoms. The first kappa shape index (κ1) is 14.9. The van der Waals surface area contributed by atoms with Crippen LogP contribution in [0.25, 0.3) is 0 Å². The Kier molecular flexibility index (Phi) is 5.09. The smallest absolute Gasteiger partial charge is 0.227 e. The second kappa shape index (κ2) is 6.81. The number of aromatic nitrogens is 1. The molecule has 1 amide bonds. The van der Waals surface area contributed by atoms with Gasteiger partial charge in [-0.05, 0) is 32.0 Å². The SMILES string of the molecule is Cc1ccc(CC(CN)C(=O)N2CCN(C)CC2)cn1. The van der Waals surface area contributed by atoms with Crippen molar-refractivity contribution in [3.05, 3.63) is 29.6 Å². The van der Waals surface area contributed by atoms with Crippen LogP contribution in [-0.2, 0) is 11.2 Å². The number of carbonyl (C=O) groups is 1. The fourth-order valence-corrected chi connectivity index (χ4v) is 2.46. The standard InChI is InChI=1S/C15H24N4O/c1-12-3-4-13(11-17-12)9-14(10-16)15(20)19-7-5-18(2)6-8-19/h3-4,11,14H,5-10,16H2,1-2H3. The van der Waals surface area contributed by atoms with Crippen molar-refractivity contribution in [2.75, 3.05) is 39.8 Å². The van der Waals surface area contributed by atoms with Gasteiger partial charge in [0.1, 0.15) is 0 Å². The first-order chi connectivity index (χ1) is 9.60. The normalized spacial score (nSPS) is 18.1. The maximum Gasteiger partial charge on any atom is 0.227 e. The Morgan fingerprint density at radius 1 is 1.35 bits per heavy atom. The summed E-state index contributed by atoms with van der Waals surface area (Å²) in [5, 5.41) is 0. The van der Waals surface area contributed by atoms with Crippen molar-refractivity contribution in [3.63, 3.8) is 0 Å². The zero-order chi connectivity index (χ0) is 14.5. The lowest BCUT2D eigenvalue weighted by Crippen LogP contribution is -2.50. The first-order valence-electron chi connectivity index (χ1n) is 7.19. The Hall–Kier alpha value is -1.46. The molecule has 0 bridgehead atoms. The number of hydrogen-bond donors (Lipinski definition) is 1. The molecule has 5 heteroatoms. The fourth-order valence-electron chi connectivity index (χ4n) is 2.46. The molecular formula is C15H24N4O. The number of hydrogen-bond acceptors (Lipinski definition) is 4. The van der Waals surface area contributed by atoms with Gasteiger partial charge in [0.25, 0.3) is 0 Å². The highest BCUT2D eigenvalue weighted by atomic mass is 16.2. The third kappa shape index (κ3) is 3.77. The molecular weight excluding hydrogens is 252 g/mol. The van der Waals surface area contributed by atoms with Gasteiger partial charge in [-0.3, -0.25) is 9.78 Å². The molecule has 5 nitrogen and oxygen atoms in total. The van der Waals surface area contributed by atoms with Crippen molar-refractivity contribution in [2.24, 2.45) is 11.7 Å². The number of pyridine rings is 1. The van der Waals surface area contributed by atoms with Gasteiger partial charge in [-0.1, -0.05) is 6.07 Å². The largest absolute Gasteiger partial charge is 0.340 e. The lowest BCUT2D eigenvalue weighted by atomic mass is 9.98. The zero-order valence-electron chi connectivity index (χ0n) is 12.4. The molecule has 1 atom stereocenters. The molecule has 2 rings (SSSR count). The summed E-state index contributed by atoms with van der Waals surface area (Å²) in [6.07, 6.45) is 2.52. The summed E-state index contributed by atoms with van der Waals surface area (Å²) in [6.45, 7) is 5.83. The summed E-state index contributed by atoms with van der Waals surface area (Å²) in [5.41, 5.74) is 7.87. The van der Waals surface area contributed by atoms with Crippen LogP contribution in [0.5, 0.6) is 0 Å². The second-order valence-corrected chi connectivity index (χ2v) is 5.57. The fraction of sp³-hybridized carbons (Fsp3) is 0.600. The van der Waals surface area contributed by atoms with E-state index >= 15 is 0 Å². The highest BCUT2D eigenvalue weighted by Crippen LogP contribution is 2.12. The highest BCUT2D eigenvalue weighted by Gasteiger charge is 2.25. The molecule has 0 saturated carbocycles. The first-order valence-corrected chi connectivity index (χ1v) is 7.19. The van der Waals surface area contributed by atoms with E-state index in [-0.39, 0.29) is 11.8 Å². The van der Waals surface area contributed by atoms with Gasteiger partial charge >= 0.3 is 0 Å². The highest BCUT2D eigenvalue weighted by molar-refractivity contribution is 5.79. The van der Waals surface area contributed by atoms with Gasteiger partial charge in [-0.15, -0.1) is 0 Å². The van der Waals surface area contributed by atoms with Crippen molar-refractivity contribution in [3.8, 4) is 0 Å². The summed E-state index contributed by atoms with van der Waals surface area (Å²) in [5.74, 6) is 0.0455. The molecule has 1 aromatic heterocycles. The van der Waals surface area contributed by atoms with Crippen LogP contribution in [0.1, 0.15) is 11.3 Å². The van der Waals surface area contributed by atoms with Gasteiger partial charge in [0, 0.05) is 44.6 Å². The van der Waals surface area contributed by atoms with E-state index in [1.165, 1.54) is 0 Å². The van der Waals surface area contributed by atoms with Crippen LogP contribution < -0.4 is 5.73 Å². The van der Waals surface area contributed by atoms with Crippen molar-refractivity contribution >= 4 is 5.91 Å². The Bertz CT molecular complexity index is 438. The Balaban J connectivity index is 1.97. The van der Waals surface area contributed by atoms with Crippen LogP contribution in [0, 0.1) is 12.8 Å². The molecule has 1 aliphatic rings. The summed E-state index contributed by atoms with van der Waals surface area (Å²) in [4.78, 5) is 21.0. The van der Waals surface area contributed by atoms with E-state index in [1.807, 2.05) is 30.2 Å². The number of likely N-dealkylation sites (N-methyl/N-ethyl adjacent to an activating group) is 1. The van der Waals surface area contributed by atoms with Crippen LogP contribution >= 0.6 is 0 Å². The van der Waals surface area contributed by atoms with Crippen molar-refractivity contribution in [1.82, 2.24) is 14.8 Å². The van der Waals surface area contributed by atoms with Gasteiger partial charge < -0.3 is 15.5 Å². The van der Waals surface area contributed by atoms with Gasteiger partial charge in [0.15, 0.2) is 0 Å². The van der Waals surface area contributed by atoms with E-state index in [2.05, 4.69) is 16.9 Å². The zero-order valence-corrected chi connectivity index (χ0v) is 12.4. The van der Waals surface area contributed by atoms with Crippen molar-refractivity contribution in [1.29, 1.82) is 0 Å². The van der Waals surface area contributed by atoms with Gasteiger partial charge in [-0.25, -0.2) is 0 Å². The molecule has 0 radical (unpaired) electrons. The van der Waals surface area contributed by atoms with E-state index in [9.17, 15) is 4.79 Å². The molecule has 1 aromatic rings. The topological polar surface area (TPSA) is 62.5 Å². The lowest BCUT2D eigenvalue weighted by molar-refractivity contribution is -0.136. The summed E-state index contributed by atoms with van der Waals surface area (Å²) in [6, 6.07) is 4.01. The number of aryl methyl sites for hydroxylation is 1. The van der Waals surface area contributed by atoms with Crippen LogP contribution in [0.15, 0.2) is 18.3 Å². The molecule has 1 fully saturated rings. The molecule has 110 valence electrons. The van der Waals surface area contributed by atoms with Gasteiger partial charge in [0.2, 0.25) is 5.91 Å². The molecule has 1 saturated heterocycles. The molecule has 1 aliphatic heterocycles. The molecule has 2 N–H and O–H groups in total. The number of amides is 1. The van der Waals surface area contributed by atoms with E-state index in [0.29, 0.717) is 13.0 Å². The minimum Gasteiger partial charge on any atom is -0.340 e. The summed E-state index contributed by atoms with van der Waals surface area (Å²) in [7, 11) is 2.08. The van der Waals surface area contributed by atoms with E-state index in [1.54, 1.807) is 0 Å². The summed E-state index contributed by atoms with van der Waals surface area (Å²) < 4.78 is 0. The predicted octanol–water partition coefficient (Wildman–Crippen LogP) is 0.281. The number of nitrogens with two attached hydrogens (primary N) is 1. The average molecular weight is 276 g/mol. The molecule has 20 heavy (non-hydrogen) atoms. The number of piperazine rings is 1. The Labute approximate surface area is 120 Å². The van der Waals surface area contributed by atoms with Crippen LogP contribution in [0.2, 0.25) is 0 Å². The van der Waals surface area contributed by atoms with E-state index in [4.69, 9.17) is 5.73 Å². The minimum absolute atomic E-state index is 0.136. The Morgan fingerprint density at radius 3 is 2.60 bits per heavy atom. The van der Waals surface area contributed by atoms with Gasteiger partial charge in [-0.2, -0.15) is 0 Å². The number of nitrogens with zero attached hydrogens (tertiary/aromatic N) is 3. The van der Waals surface area contributed by atoms with Crippen LogP contribution in [-0.4, -0.2) is 60.5 Å². The molecule has 2 heterocycles. The molecule has 1 unspecified atom stereocenters. The minimum atomic E-state index is -0.136. The third-order valence-electron chi connectivity index (χ3n) is 3.90. The molecule has 0 aromatic carbocycles. The Morgan fingerprint density at radius 2 is 2.05 bits per heavy atom. The van der Waals surface area contributed by atoms with E-state index < -0.39 is 0 Å². The van der Waals surface area contributed by atoms with Crippen LogP contribution in [0.3, 0.4) is 0 Å². The maximum absolute atomic E-state index is 12.5. The average Bonchev–Trinajstić information content (AvgIpc) is 2.47. The van der Waals surface area contributed by atoms with Crippen molar-refractivity contribution in [2.45, 2.75) is 13.3 Å². The third-order valence-corrected chi connectivity index (χ3v) is 3.90. The summed E-state index contributed by atoms with van der Waals surface area (Å²) >= 11 is 0. The van der Waals surface area contributed by atoms with Crippen molar-refractivity contribution < 1.29 is 4.79 Å². The monoisotopic (exact) mass is 276 g/mol. The second-order valence-electron chi connectivity index (χ2n) is 5.57. The van der Waals surface area contributed by atoms with E-state index in [0.717, 1.165) is 37.4 Å². The lowest BCUT2D eigenvalue weighted by Gasteiger charge is -2.34. The maximum atomic E-state index is 12.5. The van der Waals surface area contributed by atoms with Gasteiger partial charge in [0.05, 0.1) is 5.92 Å². The number of carbonyl (C=O) groups excluding carboxylic acids is 1. The molecule has 0 aliphatic carbocycles. The predicted molar refractivity (Wildman–Crippen MR) is 79.3 cm³/mol. The quantitative estimate of drug-likeness (QED) is 0.858. The number of rotatable bonds is 4.